The Labute approximate surface area is 254 Å². The van der Waals surface area contributed by atoms with Crippen molar-refractivity contribution in [3.05, 3.63) is 60.8 Å². The van der Waals surface area contributed by atoms with Crippen LogP contribution in [0.5, 0.6) is 0 Å². The molecule has 0 radical (unpaired) electrons. The Morgan fingerprint density at radius 1 is 0.707 bits per heavy atom. The van der Waals surface area contributed by atoms with Gasteiger partial charge in [-0.2, -0.15) is 0 Å². The number of carbonyl (C=O) groups excluding carboxylic acids is 2. The summed E-state index contributed by atoms with van der Waals surface area (Å²) in [6.07, 6.45) is 23.0. The molecule has 0 aromatic heterocycles. The molecule has 0 aromatic rings. The lowest BCUT2D eigenvalue weighted by Gasteiger charge is -2.24. The maximum absolute atomic E-state index is 12.0. The number of hydrogen-bond donors (Lipinski definition) is 6. The second-order valence-electron chi connectivity index (χ2n) is 9.35. The average Bonchev–Trinajstić information content (AvgIpc) is 2.98. The molecule has 41 heavy (non-hydrogen) atoms. The first-order valence-electron chi connectivity index (χ1n) is 14.5. The number of unbranched alkanes of at least 4 members (excludes halogenated alkanes) is 1. The molecule has 0 saturated heterocycles. The van der Waals surface area contributed by atoms with Crippen molar-refractivity contribution < 1.29 is 35.1 Å². The van der Waals surface area contributed by atoms with Crippen LogP contribution in [0.2, 0.25) is 0 Å². The van der Waals surface area contributed by atoms with Crippen LogP contribution in [0.3, 0.4) is 0 Å². The van der Waals surface area contributed by atoms with Gasteiger partial charge in [0.2, 0.25) is 0 Å². The number of allylic oxidation sites excluding steroid dienone is 10. The first kappa shape index (κ1) is 39.3. The number of aliphatic hydroxyl groups excluding tert-OH is 5. The summed E-state index contributed by atoms with van der Waals surface area (Å²) in [4.78, 5) is 23.9. The second-order valence-corrected chi connectivity index (χ2v) is 12.1. The zero-order valence-electron chi connectivity index (χ0n) is 24.4. The van der Waals surface area contributed by atoms with E-state index in [1.165, 1.54) is 10.8 Å². The molecule has 0 rings (SSSR count). The van der Waals surface area contributed by atoms with Crippen molar-refractivity contribution in [1.82, 2.24) is 5.32 Å². The third-order valence-corrected chi connectivity index (χ3v) is 8.25. The van der Waals surface area contributed by atoms with Gasteiger partial charge in [0.05, 0.1) is 6.61 Å². The van der Waals surface area contributed by atoms with E-state index in [4.69, 9.17) is 5.11 Å². The van der Waals surface area contributed by atoms with Crippen molar-refractivity contribution >= 4 is 33.3 Å². The number of carbonyl (C=O) groups is 2. The summed E-state index contributed by atoms with van der Waals surface area (Å²) in [6, 6.07) is 0. The van der Waals surface area contributed by atoms with Crippen LogP contribution in [0.25, 0.3) is 0 Å². The summed E-state index contributed by atoms with van der Waals surface area (Å²) in [7, 11) is 3.12. The van der Waals surface area contributed by atoms with Gasteiger partial charge in [-0.15, -0.1) is 0 Å². The number of hydrogen-bond acceptors (Lipinski definition) is 9. The summed E-state index contributed by atoms with van der Waals surface area (Å²) < 4.78 is 0. The van der Waals surface area contributed by atoms with Crippen LogP contribution in [-0.4, -0.2) is 86.3 Å². The van der Waals surface area contributed by atoms with Crippen molar-refractivity contribution in [2.24, 2.45) is 0 Å². The molecular formula is C31H51NO7S2. The first-order chi connectivity index (χ1) is 19.8. The van der Waals surface area contributed by atoms with E-state index in [0.29, 0.717) is 18.6 Å². The van der Waals surface area contributed by atoms with E-state index in [1.54, 1.807) is 10.8 Å². The minimum Gasteiger partial charge on any atom is -0.394 e. The fourth-order valence-corrected chi connectivity index (χ4v) is 5.35. The van der Waals surface area contributed by atoms with E-state index < -0.39 is 36.9 Å². The molecule has 8 nitrogen and oxygen atoms in total. The highest BCUT2D eigenvalue weighted by Gasteiger charge is 2.33. The van der Waals surface area contributed by atoms with E-state index in [9.17, 15) is 30.0 Å². The summed E-state index contributed by atoms with van der Waals surface area (Å²) in [6.45, 7) is 1.57. The van der Waals surface area contributed by atoms with Crippen molar-refractivity contribution in [2.75, 3.05) is 24.7 Å². The third kappa shape index (κ3) is 23.6. The number of ketones is 1. The number of rotatable bonds is 26. The fourth-order valence-electron chi connectivity index (χ4n) is 3.35. The molecule has 0 unspecified atom stereocenters. The smallest absolute Gasteiger partial charge is 0.251 e. The highest BCUT2D eigenvalue weighted by molar-refractivity contribution is 8.76. The van der Waals surface area contributed by atoms with E-state index in [0.717, 1.165) is 57.1 Å². The number of amides is 1. The lowest BCUT2D eigenvalue weighted by molar-refractivity contribution is -0.148. The number of nitrogens with one attached hydrogen (secondary N) is 1. The Kier molecular flexibility index (Phi) is 27.3. The summed E-state index contributed by atoms with van der Waals surface area (Å²) in [5.41, 5.74) is 0. The molecule has 0 aliphatic heterocycles. The third-order valence-electron chi connectivity index (χ3n) is 5.76. The molecule has 234 valence electrons. The molecule has 0 saturated carbocycles. The largest absolute Gasteiger partial charge is 0.394 e. The maximum atomic E-state index is 12.0. The van der Waals surface area contributed by atoms with Crippen LogP contribution in [0.4, 0.5) is 0 Å². The van der Waals surface area contributed by atoms with Crippen LogP contribution in [0.1, 0.15) is 71.1 Å². The Morgan fingerprint density at radius 3 is 1.78 bits per heavy atom. The Bertz CT molecular complexity index is 814. The normalized spacial score (nSPS) is 15.5. The Hall–Kier alpha value is -1.66. The monoisotopic (exact) mass is 613 g/mol. The van der Waals surface area contributed by atoms with Gasteiger partial charge in [0.25, 0.3) is 5.91 Å². The average molecular weight is 614 g/mol. The van der Waals surface area contributed by atoms with Crippen LogP contribution in [0, 0.1) is 0 Å². The number of Topliss-reactive ketones (excluding diaryl/α,β-unsaturated/α-hetero) is 1. The zero-order valence-corrected chi connectivity index (χ0v) is 26.0. The van der Waals surface area contributed by atoms with Crippen LogP contribution < -0.4 is 5.32 Å². The Balaban J connectivity index is 3.66. The van der Waals surface area contributed by atoms with E-state index in [1.807, 2.05) is 0 Å². The molecule has 0 aromatic carbocycles. The molecule has 0 aliphatic carbocycles. The Morgan fingerprint density at radius 2 is 1.22 bits per heavy atom. The first-order valence-corrected chi connectivity index (χ1v) is 17.0. The predicted molar refractivity (Wildman–Crippen MR) is 172 cm³/mol. The van der Waals surface area contributed by atoms with Crippen LogP contribution >= 0.6 is 21.6 Å². The molecular weight excluding hydrogens is 562 g/mol. The second kappa shape index (κ2) is 28.5. The van der Waals surface area contributed by atoms with Gasteiger partial charge in [0.1, 0.15) is 24.1 Å². The van der Waals surface area contributed by atoms with Crippen molar-refractivity contribution in [3.8, 4) is 0 Å². The highest BCUT2D eigenvalue weighted by Crippen LogP contribution is 2.22. The minimum atomic E-state index is -1.92. The van der Waals surface area contributed by atoms with Gasteiger partial charge in [0.15, 0.2) is 6.10 Å². The summed E-state index contributed by atoms with van der Waals surface area (Å²) >= 11 is 0. The van der Waals surface area contributed by atoms with Gasteiger partial charge < -0.3 is 30.8 Å². The SMILES string of the molecule is CC/C=C\C/C=C\C/C=C\C/C=C\C/C=C\CCCC(=O)CCCSSCCNC(=O)[C@H](O)[C@@H](O)[C@H](O)[C@H](O)CO. The van der Waals surface area contributed by atoms with Gasteiger partial charge in [-0.1, -0.05) is 89.3 Å². The highest BCUT2D eigenvalue weighted by atomic mass is 33.1. The summed E-state index contributed by atoms with van der Waals surface area (Å²) in [5, 5.41) is 49.5. The standard InChI is InChI=1S/C31H51NO7S2/c1-2-3-4-5-6-7-8-9-10-11-12-13-14-15-16-17-18-20-26(34)21-19-23-40-41-24-22-32-31(39)30(38)29(37)28(36)27(35)25-33/h3-4,6-7,9-10,12-13,15-16,27-30,33,35-38H,2,5,8,11,14,17-25H2,1H3,(H,32,39)/b4-3-,7-6-,10-9-,13-12-,16-15-/t27-,28-,29+,30-/m1/s1. The van der Waals surface area contributed by atoms with Gasteiger partial charge in [-0.3, -0.25) is 9.59 Å². The van der Waals surface area contributed by atoms with Gasteiger partial charge >= 0.3 is 0 Å². The van der Waals surface area contributed by atoms with Crippen molar-refractivity contribution in [2.45, 2.75) is 95.5 Å². The summed E-state index contributed by atoms with van der Waals surface area (Å²) in [5.74, 6) is 0.771. The molecule has 0 heterocycles. The fraction of sp³-hybridized carbons (Fsp3) is 0.613. The molecule has 4 atom stereocenters. The van der Waals surface area contributed by atoms with Crippen LogP contribution in [0.15, 0.2) is 60.8 Å². The molecule has 10 heteroatoms. The molecule has 1 amide bonds. The topological polar surface area (TPSA) is 147 Å². The van der Waals surface area contributed by atoms with Gasteiger partial charge in [-0.25, -0.2) is 0 Å². The van der Waals surface area contributed by atoms with Crippen molar-refractivity contribution in [3.63, 3.8) is 0 Å². The van der Waals surface area contributed by atoms with E-state index in [-0.39, 0.29) is 12.3 Å². The molecule has 6 N–H and O–H groups in total. The zero-order chi connectivity index (χ0) is 30.6. The quantitative estimate of drug-likeness (QED) is 0.0480. The maximum Gasteiger partial charge on any atom is 0.251 e. The molecule has 0 spiro atoms. The van der Waals surface area contributed by atoms with Gasteiger partial charge in [-0.05, 0) is 51.4 Å². The molecule has 0 aliphatic rings. The predicted octanol–water partition coefficient (Wildman–Crippen LogP) is 4.19. The minimum absolute atomic E-state index is 0.244. The van der Waals surface area contributed by atoms with Gasteiger partial charge in [0, 0.05) is 30.9 Å². The lowest BCUT2D eigenvalue weighted by Crippen LogP contribution is -2.51. The van der Waals surface area contributed by atoms with Crippen LogP contribution in [-0.2, 0) is 9.59 Å². The molecule has 0 fully saturated rings. The number of aliphatic hydroxyl groups is 5. The van der Waals surface area contributed by atoms with E-state index in [2.05, 4.69) is 73.0 Å². The molecule has 0 bridgehead atoms. The van der Waals surface area contributed by atoms with E-state index >= 15 is 0 Å². The van der Waals surface area contributed by atoms with Crippen molar-refractivity contribution in [1.29, 1.82) is 0 Å². The lowest BCUT2D eigenvalue weighted by atomic mass is 10.0.